The number of hydrogen-bond donors (Lipinski definition) is 0. The molecule has 0 spiro atoms. The highest BCUT2D eigenvalue weighted by molar-refractivity contribution is 9.10. The lowest BCUT2D eigenvalue weighted by Gasteiger charge is -1.99. The van der Waals surface area contributed by atoms with Crippen molar-refractivity contribution in [1.82, 2.24) is 5.16 Å². The van der Waals surface area contributed by atoms with E-state index in [4.69, 9.17) is 4.74 Å². The lowest BCUT2D eigenvalue weighted by molar-refractivity contribution is -0.782. The lowest BCUT2D eigenvalue weighted by atomic mass is 10.3. The van der Waals surface area contributed by atoms with E-state index in [-0.39, 0.29) is 0 Å². The van der Waals surface area contributed by atoms with E-state index in [9.17, 15) is 5.21 Å². The highest BCUT2D eigenvalue weighted by Gasteiger charge is 2.13. The molecule has 2 rings (SSSR count). The van der Waals surface area contributed by atoms with Crippen LogP contribution in [0.5, 0.6) is 5.75 Å². The summed E-state index contributed by atoms with van der Waals surface area (Å²) in [4.78, 5) is 0.347. The van der Waals surface area contributed by atoms with Crippen LogP contribution in [0.25, 0.3) is 11.0 Å². The Bertz CT molecular complexity index is 454. The summed E-state index contributed by atoms with van der Waals surface area (Å²) < 4.78 is 10.1. The monoisotopic (exact) mass is 244 g/mol. The van der Waals surface area contributed by atoms with Crippen LogP contribution in [-0.2, 0) is 0 Å². The molecule has 0 bridgehead atoms. The molecule has 0 saturated carbocycles. The zero-order valence-electron chi connectivity index (χ0n) is 6.65. The molecule has 0 amide bonds. The van der Waals surface area contributed by atoms with Crippen LogP contribution in [0.3, 0.4) is 0 Å². The van der Waals surface area contributed by atoms with Gasteiger partial charge in [0.05, 0.1) is 11.6 Å². The third kappa shape index (κ3) is 1.23. The Labute approximate surface area is 81.6 Å². The van der Waals surface area contributed by atoms with E-state index in [0.29, 0.717) is 26.2 Å². The van der Waals surface area contributed by atoms with E-state index in [0.717, 1.165) is 0 Å². The van der Waals surface area contributed by atoms with E-state index in [1.807, 2.05) is 0 Å². The third-order valence-corrected chi connectivity index (χ3v) is 2.28. The number of fused-ring (bicyclic) bond motifs is 1. The molecule has 68 valence electrons. The summed E-state index contributed by atoms with van der Waals surface area (Å²) in [5.74, 6) is 0.612. The molecule has 0 radical (unpaired) electrons. The van der Waals surface area contributed by atoms with Crippen LogP contribution in [0.2, 0.25) is 0 Å². The van der Waals surface area contributed by atoms with Crippen molar-refractivity contribution >= 4 is 27.0 Å². The Kier molecular flexibility index (Phi) is 1.84. The minimum atomic E-state index is 0.347. The van der Waals surface area contributed by atoms with Gasteiger partial charge in [-0.2, -0.15) is 0 Å². The van der Waals surface area contributed by atoms with E-state index in [1.54, 1.807) is 12.1 Å². The number of rotatable bonds is 1. The SMILES string of the molecule is COc1cc2no[n+]([O-])c2cc1Br. The Morgan fingerprint density at radius 2 is 2.38 bits per heavy atom. The largest absolute Gasteiger partial charge is 0.495 e. The first-order valence-corrected chi connectivity index (χ1v) is 4.24. The molecule has 0 fully saturated rings. The normalized spacial score (nSPS) is 10.6. The van der Waals surface area contributed by atoms with Gasteiger partial charge in [-0.1, -0.05) is 0 Å². The van der Waals surface area contributed by atoms with Crippen molar-refractivity contribution in [3.05, 3.63) is 21.8 Å². The van der Waals surface area contributed by atoms with Crippen LogP contribution in [0.4, 0.5) is 0 Å². The summed E-state index contributed by atoms with van der Waals surface area (Å²) in [6, 6.07) is 3.22. The van der Waals surface area contributed by atoms with Crippen molar-refractivity contribution in [2.45, 2.75) is 0 Å². The van der Waals surface area contributed by atoms with E-state index in [1.165, 1.54) is 7.11 Å². The zero-order valence-corrected chi connectivity index (χ0v) is 8.24. The molecular weight excluding hydrogens is 240 g/mol. The predicted octanol–water partition coefficient (Wildman–Crippen LogP) is 1.23. The maximum atomic E-state index is 11.0. The highest BCUT2D eigenvalue weighted by Crippen LogP contribution is 2.27. The number of hydrogen-bond acceptors (Lipinski definition) is 4. The number of ether oxygens (including phenoxy) is 1. The topological polar surface area (TPSA) is 62.2 Å². The zero-order chi connectivity index (χ0) is 9.42. The highest BCUT2D eigenvalue weighted by atomic mass is 79.9. The molecule has 1 aromatic carbocycles. The Balaban J connectivity index is 2.76. The van der Waals surface area contributed by atoms with Gasteiger partial charge in [-0.15, -0.1) is 0 Å². The molecular formula is C7H5BrN2O3. The Hall–Kier alpha value is -1.30. The fourth-order valence-corrected chi connectivity index (χ4v) is 1.53. The second-order valence-corrected chi connectivity index (χ2v) is 3.26. The molecule has 0 saturated heterocycles. The number of nitrogens with zero attached hydrogens (tertiary/aromatic N) is 2. The van der Waals surface area contributed by atoms with Crippen LogP contribution in [0, 0.1) is 5.21 Å². The second kappa shape index (κ2) is 2.88. The van der Waals surface area contributed by atoms with Gasteiger partial charge in [0.25, 0.3) is 5.52 Å². The van der Waals surface area contributed by atoms with Crippen LogP contribution >= 0.6 is 15.9 Å². The van der Waals surface area contributed by atoms with Crippen LogP contribution in [0.1, 0.15) is 0 Å². The molecule has 2 aromatic rings. The molecule has 0 atom stereocenters. The molecule has 6 heteroatoms. The average Bonchev–Trinajstić information content (AvgIpc) is 2.47. The molecule has 0 aliphatic rings. The van der Waals surface area contributed by atoms with Gasteiger partial charge in [0.2, 0.25) is 5.52 Å². The molecule has 0 aliphatic heterocycles. The minimum absolute atomic E-state index is 0.347. The molecule has 5 nitrogen and oxygen atoms in total. The van der Waals surface area contributed by atoms with Crippen LogP contribution in [0.15, 0.2) is 21.2 Å². The van der Waals surface area contributed by atoms with Gasteiger partial charge in [-0.05, 0) is 20.8 Å². The van der Waals surface area contributed by atoms with Crippen LogP contribution < -0.4 is 9.64 Å². The molecule has 1 aromatic heterocycles. The number of benzene rings is 1. The predicted molar refractivity (Wildman–Crippen MR) is 47.2 cm³/mol. The molecule has 13 heavy (non-hydrogen) atoms. The van der Waals surface area contributed by atoms with Gasteiger partial charge in [-0.3, -0.25) is 4.63 Å². The van der Waals surface area contributed by atoms with Crippen molar-refractivity contribution < 1.29 is 14.3 Å². The summed E-state index contributed by atoms with van der Waals surface area (Å²) in [5.41, 5.74) is 0.836. The van der Waals surface area contributed by atoms with Crippen molar-refractivity contribution in [3.63, 3.8) is 0 Å². The lowest BCUT2D eigenvalue weighted by Crippen LogP contribution is -2.22. The van der Waals surface area contributed by atoms with Crippen molar-refractivity contribution in [2.75, 3.05) is 7.11 Å². The van der Waals surface area contributed by atoms with Crippen molar-refractivity contribution in [2.24, 2.45) is 0 Å². The smallest absolute Gasteiger partial charge is 0.252 e. The summed E-state index contributed by atoms with van der Waals surface area (Å²) in [6.45, 7) is 0. The quantitative estimate of drug-likeness (QED) is 0.709. The second-order valence-electron chi connectivity index (χ2n) is 2.41. The molecule has 1 heterocycles. The van der Waals surface area contributed by atoms with Gasteiger partial charge in [0.15, 0.2) is 0 Å². The first-order valence-electron chi connectivity index (χ1n) is 3.45. The summed E-state index contributed by atoms with van der Waals surface area (Å²) in [6.07, 6.45) is 0. The molecule has 0 unspecified atom stereocenters. The van der Waals surface area contributed by atoms with Crippen molar-refractivity contribution in [1.29, 1.82) is 0 Å². The van der Waals surface area contributed by atoms with Gasteiger partial charge in [0.1, 0.15) is 5.75 Å². The van der Waals surface area contributed by atoms with Gasteiger partial charge in [-0.25, -0.2) is 0 Å². The Morgan fingerprint density at radius 1 is 1.62 bits per heavy atom. The van der Waals surface area contributed by atoms with E-state index < -0.39 is 0 Å². The summed E-state index contributed by atoms with van der Waals surface area (Å²) >= 11 is 3.25. The number of halogens is 1. The maximum Gasteiger partial charge on any atom is 0.252 e. The first-order chi connectivity index (χ1) is 6.22. The fraction of sp³-hybridized carbons (Fsp3) is 0.143. The van der Waals surface area contributed by atoms with Crippen LogP contribution in [-0.4, -0.2) is 12.3 Å². The third-order valence-electron chi connectivity index (χ3n) is 1.66. The van der Waals surface area contributed by atoms with E-state index in [2.05, 4.69) is 25.7 Å². The van der Waals surface area contributed by atoms with Crippen molar-refractivity contribution in [3.8, 4) is 5.75 Å². The Morgan fingerprint density at radius 3 is 3.08 bits per heavy atom. The number of methoxy groups -OCH3 is 1. The molecule has 0 aliphatic carbocycles. The first kappa shape index (κ1) is 8.31. The fourth-order valence-electron chi connectivity index (χ4n) is 1.03. The molecule has 0 N–H and O–H groups in total. The summed E-state index contributed by atoms with van der Waals surface area (Å²) in [7, 11) is 1.54. The average molecular weight is 245 g/mol. The summed E-state index contributed by atoms with van der Waals surface area (Å²) in [5, 5.41) is 14.5. The van der Waals surface area contributed by atoms with Gasteiger partial charge in [0, 0.05) is 17.3 Å². The standard InChI is InChI=1S/C7H5BrN2O3/c1-12-7-3-5-6(2-4(7)8)10(11)13-9-5/h2-3H,1H3. The van der Waals surface area contributed by atoms with E-state index >= 15 is 0 Å². The van der Waals surface area contributed by atoms with Gasteiger partial charge >= 0.3 is 0 Å². The minimum Gasteiger partial charge on any atom is -0.495 e. The van der Waals surface area contributed by atoms with Gasteiger partial charge < -0.3 is 9.94 Å². The number of aromatic nitrogens is 2. The maximum absolute atomic E-state index is 11.0.